The number of allylic oxidation sites excluding steroid dienone is 1. The lowest BCUT2D eigenvalue weighted by Crippen LogP contribution is -2.38. The highest BCUT2D eigenvalue weighted by Gasteiger charge is 2.41. The Balaban J connectivity index is 1.65. The molecule has 0 radical (unpaired) electrons. The predicted molar refractivity (Wildman–Crippen MR) is 147 cm³/mol. The Bertz CT molecular complexity index is 1240. The Labute approximate surface area is 222 Å². The zero-order chi connectivity index (χ0) is 26.4. The number of aliphatic imine (C=N–C) groups is 1. The van der Waals surface area contributed by atoms with Crippen LogP contribution < -0.4 is 10.1 Å². The molecule has 0 saturated carbocycles. The summed E-state index contributed by atoms with van der Waals surface area (Å²) in [6.07, 6.45) is 0.189. The summed E-state index contributed by atoms with van der Waals surface area (Å²) in [5, 5.41) is 5.66. The molecule has 0 aromatic heterocycles. The first-order valence-electron chi connectivity index (χ1n) is 12.5. The molecule has 0 spiro atoms. The Morgan fingerprint density at radius 3 is 2.65 bits per heavy atom. The molecule has 0 aliphatic carbocycles. The van der Waals surface area contributed by atoms with Crippen molar-refractivity contribution < 1.29 is 19.1 Å². The van der Waals surface area contributed by atoms with Crippen molar-refractivity contribution in [2.24, 2.45) is 10.9 Å². The zero-order valence-electron chi connectivity index (χ0n) is 21.7. The van der Waals surface area contributed by atoms with Gasteiger partial charge in [0.25, 0.3) is 0 Å². The number of carbonyl (C=O) groups is 2. The normalized spacial score (nSPS) is 16.8. The second kappa shape index (κ2) is 12.1. The second-order valence-electron chi connectivity index (χ2n) is 9.33. The van der Waals surface area contributed by atoms with Gasteiger partial charge in [0.15, 0.2) is 5.17 Å². The third-order valence-corrected chi connectivity index (χ3v) is 6.86. The number of nitrogens with zero attached hydrogens (tertiary/aromatic N) is 2. The molecule has 1 N–H and O–H groups in total. The highest BCUT2D eigenvalue weighted by molar-refractivity contribution is 8.16. The fraction of sp³-hybridized carbons (Fsp3) is 0.345. The smallest absolute Gasteiger partial charge is 0.338 e. The molecule has 0 bridgehead atoms. The van der Waals surface area contributed by atoms with Gasteiger partial charge in [-0.3, -0.25) is 4.79 Å². The molecular formula is C29H33N3O4S. The first-order chi connectivity index (χ1) is 17.9. The third-order valence-electron chi connectivity index (χ3n) is 5.97. The molecule has 4 rings (SSSR count). The minimum atomic E-state index is -0.494. The standard InChI is InChI=1S/C29H33N3O4S/c1-5-35-28(34)26-20(4)31-29-32(23(18-37-29)15-25(33)30-16-19(2)3)27(26)22-12-9-13-24(14-22)36-17-21-10-7-6-8-11-21/h6-14,18-19,27H,5,15-17H2,1-4H3,(H,30,33). The number of nitrogens with one attached hydrogen (secondary N) is 1. The summed E-state index contributed by atoms with van der Waals surface area (Å²) in [5.74, 6) is 0.571. The molecular weight excluding hydrogens is 486 g/mol. The predicted octanol–water partition coefficient (Wildman–Crippen LogP) is 5.57. The van der Waals surface area contributed by atoms with Gasteiger partial charge in [-0.1, -0.05) is 68.1 Å². The number of amides is 1. The Hall–Kier alpha value is -3.52. The molecule has 7 nitrogen and oxygen atoms in total. The number of rotatable bonds is 10. The number of fused-ring (bicyclic) bond motifs is 1. The summed E-state index contributed by atoms with van der Waals surface area (Å²) in [7, 11) is 0. The number of hydrogen-bond acceptors (Lipinski definition) is 7. The summed E-state index contributed by atoms with van der Waals surface area (Å²) in [5.41, 5.74) is 3.78. The largest absolute Gasteiger partial charge is 0.489 e. The van der Waals surface area contributed by atoms with Crippen LogP contribution in [-0.4, -0.2) is 35.1 Å². The molecule has 1 atom stereocenters. The SMILES string of the molecule is CCOC(=O)C1=C(C)N=C2SC=C(CC(=O)NCC(C)C)N2C1c1cccc(OCc2ccccc2)c1. The van der Waals surface area contributed by atoms with E-state index in [2.05, 4.69) is 19.2 Å². The average molecular weight is 520 g/mol. The Morgan fingerprint density at radius 2 is 1.92 bits per heavy atom. The quantitative estimate of drug-likeness (QED) is 0.414. The summed E-state index contributed by atoms with van der Waals surface area (Å²) in [4.78, 5) is 32.6. The van der Waals surface area contributed by atoms with E-state index in [0.717, 1.165) is 22.0 Å². The molecule has 2 aromatic carbocycles. The summed E-state index contributed by atoms with van der Waals surface area (Å²) >= 11 is 1.46. The first kappa shape index (κ1) is 26.5. The van der Waals surface area contributed by atoms with Crippen LogP contribution in [0.5, 0.6) is 5.75 Å². The highest BCUT2D eigenvalue weighted by Crippen LogP contribution is 2.45. The molecule has 2 aliphatic heterocycles. The average Bonchev–Trinajstić information content (AvgIpc) is 3.28. The summed E-state index contributed by atoms with van der Waals surface area (Å²) in [6, 6.07) is 17.2. The van der Waals surface area contributed by atoms with Crippen LogP contribution in [0.3, 0.4) is 0 Å². The Morgan fingerprint density at radius 1 is 1.14 bits per heavy atom. The number of benzene rings is 2. The Kier molecular flexibility index (Phi) is 8.71. The van der Waals surface area contributed by atoms with Crippen LogP contribution in [0.4, 0.5) is 0 Å². The van der Waals surface area contributed by atoms with Gasteiger partial charge in [-0.15, -0.1) is 0 Å². The van der Waals surface area contributed by atoms with Gasteiger partial charge >= 0.3 is 5.97 Å². The number of ether oxygens (including phenoxy) is 2. The van der Waals surface area contributed by atoms with Gasteiger partial charge in [-0.2, -0.15) is 0 Å². The van der Waals surface area contributed by atoms with Crippen LogP contribution in [0.2, 0.25) is 0 Å². The van der Waals surface area contributed by atoms with E-state index in [4.69, 9.17) is 14.5 Å². The van der Waals surface area contributed by atoms with E-state index in [9.17, 15) is 9.59 Å². The second-order valence-corrected chi connectivity index (χ2v) is 10.2. The van der Waals surface area contributed by atoms with Crippen molar-refractivity contribution in [1.29, 1.82) is 0 Å². The summed E-state index contributed by atoms with van der Waals surface area (Å²) < 4.78 is 11.5. The van der Waals surface area contributed by atoms with Gasteiger partial charge in [0, 0.05) is 12.2 Å². The van der Waals surface area contributed by atoms with Crippen molar-refractivity contribution in [2.45, 2.75) is 46.8 Å². The number of esters is 1. The number of amidine groups is 1. The fourth-order valence-electron chi connectivity index (χ4n) is 4.22. The number of carbonyl (C=O) groups excluding carboxylic acids is 2. The van der Waals surface area contributed by atoms with Gasteiger partial charge < -0.3 is 19.7 Å². The van der Waals surface area contributed by atoms with Crippen LogP contribution in [0, 0.1) is 5.92 Å². The van der Waals surface area contributed by atoms with Gasteiger partial charge in [0.2, 0.25) is 5.91 Å². The van der Waals surface area contributed by atoms with Crippen LogP contribution in [-0.2, 0) is 20.9 Å². The maximum absolute atomic E-state index is 13.2. The van der Waals surface area contributed by atoms with Gasteiger partial charge in [0.1, 0.15) is 12.4 Å². The molecule has 1 amide bonds. The molecule has 8 heteroatoms. The highest BCUT2D eigenvalue weighted by atomic mass is 32.2. The molecule has 194 valence electrons. The van der Waals surface area contributed by atoms with E-state index in [-0.39, 0.29) is 18.9 Å². The molecule has 37 heavy (non-hydrogen) atoms. The van der Waals surface area contributed by atoms with Crippen LogP contribution in [0.25, 0.3) is 0 Å². The molecule has 2 aromatic rings. The molecule has 2 aliphatic rings. The molecule has 2 heterocycles. The minimum Gasteiger partial charge on any atom is -0.489 e. The van der Waals surface area contributed by atoms with Crippen molar-refractivity contribution in [3.63, 3.8) is 0 Å². The van der Waals surface area contributed by atoms with E-state index in [1.165, 1.54) is 11.8 Å². The maximum Gasteiger partial charge on any atom is 0.338 e. The van der Waals surface area contributed by atoms with Crippen molar-refractivity contribution in [1.82, 2.24) is 10.2 Å². The monoisotopic (exact) mass is 519 g/mol. The fourth-order valence-corrected chi connectivity index (χ4v) is 5.18. The van der Waals surface area contributed by atoms with Gasteiger partial charge in [0.05, 0.1) is 30.3 Å². The van der Waals surface area contributed by atoms with E-state index in [0.29, 0.717) is 36.1 Å². The first-order valence-corrected chi connectivity index (χ1v) is 13.4. The lowest BCUT2D eigenvalue weighted by atomic mass is 9.93. The molecule has 1 unspecified atom stereocenters. The molecule has 0 fully saturated rings. The van der Waals surface area contributed by atoms with Gasteiger partial charge in [-0.25, -0.2) is 9.79 Å². The van der Waals surface area contributed by atoms with Crippen molar-refractivity contribution in [3.8, 4) is 5.75 Å². The van der Waals surface area contributed by atoms with Crippen molar-refractivity contribution in [2.75, 3.05) is 13.2 Å². The van der Waals surface area contributed by atoms with Crippen LogP contribution in [0.1, 0.15) is 51.3 Å². The lowest BCUT2D eigenvalue weighted by Gasteiger charge is -2.36. The minimum absolute atomic E-state index is 0.0653. The van der Waals surface area contributed by atoms with E-state index in [1.807, 2.05) is 71.8 Å². The summed E-state index contributed by atoms with van der Waals surface area (Å²) in [6.45, 7) is 9.03. The third kappa shape index (κ3) is 6.43. The zero-order valence-corrected chi connectivity index (χ0v) is 22.5. The topological polar surface area (TPSA) is 80.2 Å². The van der Waals surface area contributed by atoms with Crippen molar-refractivity contribution >= 4 is 28.8 Å². The van der Waals surface area contributed by atoms with E-state index >= 15 is 0 Å². The number of hydrogen-bond donors (Lipinski definition) is 1. The van der Waals surface area contributed by atoms with Crippen molar-refractivity contribution in [3.05, 3.63) is 88.1 Å². The van der Waals surface area contributed by atoms with E-state index < -0.39 is 12.0 Å². The molecule has 0 saturated heterocycles. The van der Waals surface area contributed by atoms with E-state index in [1.54, 1.807) is 6.92 Å². The lowest BCUT2D eigenvalue weighted by molar-refractivity contribution is -0.139. The maximum atomic E-state index is 13.2. The van der Waals surface area contributed by atoms with Gasteiger partial charge in [-0.05, 0) is 48.4 Å². The van der Waals surface area contributed by atoms with Crippen LogP contribution >= 0.6 is 11.8 Å². The van der Waals surface area contributed by atoms with Crippen LogP contribution in [0.15, 0.2) is 82.0 Å². The number of thioether (sulfide) groups is 1.